The quantitative estimate of drug-likeness (QED) is 0.660. The van der Waals surface area contributed by atoms with Crippen molar-refractivity contribution < 1.29 is 14.7 Å². The van der Waals surface area contributed by atoms with Crippen LogP contribution in [0.2, 0.25) is 0 Å². The zero-order valence-corrected chi connectivity index (χ0v) is 7.80. The number of hydrogen-bond donors (Lipinski definition) is 2. The normalized spacial score (nSPS) is 8.43. The Labute approximate surface area is 81.6 Å². The van der Waals surface area contributed by atoms with Gasteiger partial charge in [-0.1, -0.05) is 6.07 Å². The van der Waals surface area contributed by atoms with Crippen LogP contribution in [0.3, 0.4) is 0 Å². The summed E-state index contributed by atoms with van der Waals surface area (Å²) >= 11 is 0. The lowest BCUT2D eigenvalue weighted by Gasteiger charge is -1.89. The van der Waals surface area contributed by atoms with Crippen LogP contribution in [0.15, 0.2) is 18.2 Å². The number of aldehydes is 1. The number of aryl methyl sites for hydroxylation is 1. The van der Waals surface area contributed by atoms with Crippen molar-refractivity contribution in [3.8, 4) is 0 Å². The fraction of sp³-hybridized carbons (Fsp3) is 0.222. The number of pyridine rings is 1. The van der Waals surface area contributed by atoms with E-state index in [4.69, 9.17) is 5.11 Å². The topological polar surface area (TPSA) is 93.3 Å². The molecule has 76 valence electrons. The summed E-state index contributed by atoms with van der Waals surface area (Å²) in [4.78, 5) is 23.3. The summed E-state index contributed by atoms with van der Waals surface area (Å²) in [5.41, 5.74) is 5.94. The second kappa shape index (κ2) is 6.73. The number of rotatable bonds is 2. The third kappa shape index (κ3) is 5.84. The van der Waals surface area contributed by atoms with Crippen molar-refractivity contribution in [2.24, 2.45) is 5.73 Å². The average Bonchev–Trinajstić information content (AvgIpc) is 2.18. The maximum Gasteiger partial charge on any atom is 0.317 e. The number of nitrogens with zero attached hydrogens (tertiary/aromatic N) is 1. The lowest BCUT2D eigenvalue weighted by atomic mass is 10.3. The van der Waals surface area contributed by atoms with E-state index < -0.39 is 5.97 Å². The lowest BCUT2D eigenvalue weighted by Crippen LogP contribution is -2.10. The van der Waals surface area contributed by atoms with Gasteiger partial charge in [0.25, 0.3) is 0 Å². The molecule has 0 aromatic carbocycles. The van der Waals surface area contributed by atoms with Crippen LogP contribution in [-0.4, -0.2) is 28.9 Å². The molecule has 0 unspecified atom stereocenters. The minimum Gasteiger partial charge on any atom is -0.480 e. The predicted molar refractivity (Wildman–Crippen MR) is 51.1 cm³/mol. The van der Waals surface area contributed by atoms with Gasteiger partial charge in [0, 0.05) is 5.69 Å². The van der Waals surface area contributed by atoms with E-state index in [0.29, 0.717) is 5.69 Å². The molecule has 0 bridgehead atoms. The largest absolute Gasteiger partial charge is 0.480 e. The first-order valence-corrected chi connectivity index (χ1v) is 3.91. The highest BCUT2D eigenvalue weighted by Crippen LogP contribution is 1.93. The highest BCUT2D eigenvalue weighted by atomic mass is 16.4. The molecule has 0 aliphatic carbocycles. The van der Waals surface area contributed by atoms with E-state index in [2.05, 4.69) is 10.7 Å². The molecule has 0 aliphatic heterocycles. The predicted octanol–water partition coefficient (Wildman–Crippen LogP) is 0.232. The van der Waals surface area contributed by atoms with Gasteiger partial charge in [0.15, 0.2) is 6.29 Å². The standard InChI is InChI=1S/C7H7NO.C2H5NO2/c1-6-3-2-4-7(5-9)8-6;3-1-2(4)5/h2-5H,1H3;1,3H2,(H,4,5). The van der Waals surface area contributed by atoms with Crippen molar-refractivity contribution in [1.82, 2.24) is 4.98 Å². The number of aromatic nitrogens is 1. The maximum absolute atomic E-state index is 10.1. The monoisotopic (exact) mass is 196 g/mol. The molecule has 0 spiro atoms. The minimum atomic E-state index is -0.968. The van der Waals surface area contributed by atoms with Crippen molar-refractivity contribution in [2.75, 3.05) is 6.54 Å². The highest BCUT2D eigenvalue weighted by Gasteiger charge is 1.87. The van der Waals surface area contributed by atoms with E-state index >= 15 is 0 Å². The van der Waals surface area contributed by atoms with Crippen molar-refractivity contribution in [2.45, 2.75) is 6.92 Å². The third-order valence-corrected chi connectivity index (χ3v) is 1.21. The Morgan fingerprint density at radius 1 is 1.64 bits per heavy atom. The van der Waals surface area contributed by atoms with Crippen LogP contribution in [0.4, 0.5) is 0 Å². The van der Waals surface area contributed by atoms with E-state index in [-0.39, 0.29) is 6.54 Å². The molecule has 14 heavy (non-hydrogen) atoms. The third-order valence-electron chi connectivity index (χ3n) is 1.21. The molecule has 1 aromatic rings. The summed E-state index contributed by atoms with van der Waals surface area (Å²) in [6.45, 7) is 1.58. The molecule has 1 aromatic heterocycles. The van der Waals surface area contributed by atoms with Gasteiger partial charge in [-0.15, -0.1) is 0 Å². The highest BCUT2D eigenvalue weighted by molar-refractivity contribution is 5.71. The van der Waals surface area contributed by atoms with Gasteiger partial charge in [-0.3, -0.25) is 14.6 Å². The van der Waals surface area contributed by atoms with Gasteiger partial charge < -0.3 is 10.8 Å². The first kappa shape index (κ1) is 12.2. The van der Waals surface area contributed by atoms with Gasteiger partial charge in [0.2, 0.25) is 0 Å². The summed E-state index contributed by atoms with van der Waals surface area (Å²) < 4.78 is 0. The van der Waals surface area contributed by atoms with Gasteiger partial charge in [-0.05, 0) is 19.1 Å². The van der Waals surface area contributed by atoms with Crippen LogP contribution in [0.25, 0.3) is 0 Å². The number of carbonyl (C=O) groups is 2. The molecule has 0 radical (unpaired) electrons. The van der Waals surface area contributed by atoms with Crippen LogP contribution in [-0.2, 0) is 4.79 Å². The molecule has 3 N–H and O–H groups in total. The average molecular weight is 196 g/mol. The molecule has 0 atom stereocenters. The smallest absolute Gasteiger partial charge is 0.317 e. The molecule has 1 rings (SSSR count). The maximum atomic E-state index is 10.1. The fourth-order valence-electron chi connectivity index (χ4n) is 0.630. The number of carboxylic acid groups (broad SMARTS) is 1. The molecular formula is C9H12N2O3. The first-order chi connectivity index (χ1) is 6.60. The number of aliphatic carboxylic acids is 1. The van der Waals surface area contributed by atoms with Crippen molar-refractivity contribution >= 4 is 12.3 Å². The Morgan fingerprint density at radius 3 is 2.50 bits per heavy atom. The minimum absolute atomic E-state index is 0.278. The van der Waals surface area contributed by atoms with Crippen LogP contribution in [0.1, 0.15) is 16.2 Å². The molecule has 5 heteroatoms. The summed E-state index contributed by atoms with van der Waals surface area (Å²) in [6, 6.07) is 5.35. The number of hydrogen-bond acceptors (Lipinski definition) is 4. The SMILES string of the molecule is Cc1cccc(C=O)n1.NCC(=O)O. The Kier molecular flexibility index (Phi) is 5.89. The summed E-state index contributed by atoms with van der Waals surface area (Å²) in [7, 11) is 0. The Hall–Kier alpha value is -1.75. The number of carbonyl (C=O) groups excluding carboxylic acids is 1. The Bertz CT molecular complexity index is 313. The Morgan fingerprint density at radius 2 is 2.21 bits per heavy atom. The zero-order valence-electron chi connectivity index (χ0n) is 7.80. The van der Waals surface area contributed by atoms with Gasteiger partial charge in [0.05, 0.1) is 6.54 Å². The van der Waals surface area contributed by atoms with Crippen molar-refractivity contribution in [3.63, 3.8) is 0 Å². The molecule has 0 fully saturated rings. The molecular weight excluding hydrogens is 184 g/mol. The van der Waals surface area contributed by atoms with Gasteiger partial charge in [-0.25, -0.2) is 0 Å². The second-order valence-corrected chi connectivity index (χ2v) is 2.42. The fourth-order valence-corrected chi connectivity index (χ4v) is 0.630. The van der Waals surface area contributed by atoms with Crippen LogP contribution < -0.4 is 5.73 Å². The Balaban J connectivity index is 0.000000292. The van der Waals surface area contributed by atoms with Crippen molar-refractivity contribution in [1.29, 1.82) is 0 Å². The van der Waals surface area contributed by atoms with Crippen LogP contribution in [0.5, 0.6) is 0 Å². The number of nitrogens with two attached hydrogens (primary N) is 1. The molecule has 1 heterocycles. The van der Waals surface area contributed by atoms with Crippen LogP contribution >= 0.6 is 0 Å². The van der Waals surface area contributed by atoms with E-state index in [1.54, 1.807) is 6.07 Å². The zero-order chi connectivity index (χ0) is 11.0. The molecule has 0 amide bonds. The number of carboxylic acids is 1. The summed E-state index contributed by atoms with van der Waals surface area (Å²) in [6.07, 6.45) is 0.743. The molecule has 5 nitrogen and oxygen atoms in total. The second-order valence-electron chi connectivity index (χ2n) is 2.42. The van der Waals surface area contributed by atoms with Gasteiger partial charge in [-0.2, -0.15) is 0 Å². The first-order valence-electron chi connectivity index (χ1n) is 3.91. The molecule has 0 saturated heterocycles. The lowest BCUT2D eigenvalue weighted by molar-refractivity contribution is -0.135. The summed E-state index contributed by atoms with van der Waals surface area (Å²) in [5.74, 6) is -0.968. The summed E-state index contributed by atoms with van der Waals surface area (Å²) in [5, 5.41) is 7.60. The van der Waals surface area contributed by atoms with E-state index in [0.717, 1.165) is 12.0 Å². The van der Waals surface area contributed by atoms with E-state index in [1.807, 2.05) is 19.1 Å². The molecule has 0 saturated carbocycles. The molecule has 0 aliphatic rings. The van der Waals surface area contributed by atoms with Crippen LogP contribution in [0, 0.1) is 6.92 Å². The van der Waals surface area contributed by atoms with Gasteiger partial charge in [0.1, 0.15) is 5.69 Å². The van der Waals surface area contributed by atoms with E-state index in [9.17, 15) is 9.59 Å². The van der Waals surface area contributed by atoms with E-state index in [1.165, 1.54) is 0 Å². The van der Waals surface area contributed by atoms with Crippen molar-refractivity contribution in [3.05, 3.63) is 29.6 Å². The van der Waals surface area contributed by atoms with Gasteiger partial charge >= 0.3 is 5.97 Å².